The molecule has 0 unspecified atom stereocenters. The van der Waals surface area contributed by atoms with Crippen LogP contribution in [-0.2, 0) is 16.0 Å². The van der Waals surface area contributed by atoms with Gasteiger partial charge in [0.1, 0.15) is 12.2 Å². The van der Waals surface area contributed by atoms with Gasteiger partial charge in [0, 0.05) is 5.56 Å². The summed E-state index contributed by atoms with van der Waals surface area (Å²) < 4.78 is 18.6. The molecule has 0 saturated heterocycles. The average Bonchev–Trinajstić information content (AvgIpc) is 2.66. The number of ether oxygens (including phenoxy) is 1. The van der Waals surface area contributed by atoms with Crippen LogP contribution in [-0.4, -0.2) is 30.2 Å². The van der Waals surface area contributed by atoms with Crippen LogP contribution in [0, 0.1) is 5.82 Å². The molecule has 0 radical (unpaired) electrons. The van der Waals surface area contributed by atoms with E-state index < -0.39 is 24.1 Å². The number of carbonyl (C=O) groups excluding carboxylic acids is 2. The number of rotatable bonds is 8. The van der Waals surface area contributed by atoms with Gasteiger partial charge in [-0.2, -0.15) is 5.10 Å². The number of anilines is 1. The standard InChI is InChI=1S/C20H20FN3O4/c1-3-6-14-9-13(10-17(28-2)20(14)27)12-22-24-19(26)11-18(25)23-16-8-5-4-7-15(16)21/h3-5,7-10,12,27H,1,6,11H2,2H3,(H,23,25)(H,24,26). The Morgan fingerprint density at radius 1 is 1.29 bits per heavy atom. The third kappa shape index (κ3) is 5.66. The number of allylic oxidation sites excluding steroid dienone is 1. The molecular weight excluding hydrogens is 365 g/mol. The number of hydrogen-bond acceptors (Lipinski definition) is 5. The van der Waals surface area contributed by atoms with Crippen LogP contribution in [0.25, 0.3) is 0 Å². The molecule has 0 fully saturated rings. The summed E-state index contributed by atoms with van der Waals surface area (Å²) in [6, 6.07) is 8.86. The molecule has 3 N–H and O–H groups in total. The summed E-state index contributed by atoms with van der Waals surface area (Å²) in [5, 5.41) is 16.1. The van der Waals surface area contributed by atoms with Crippen molar-refractivity contribution in [2.24, 2.45) is 5.10 Å². The Balaban J connectivity index is 1.95. The van der Waals surface area contributed by atoms with Gasteiger partial charge in [-0.1, -0.05) is 18.2 Å². The number of benzene rings is 2. The molecule has 0 aliphatic heterocycles. The Morgan fingerprint density at radius 3 is 2.71 bits per heavy atom. The van der Waals surface area contributed by atoms with Gasteiger partial charge in [-0.05, 0) is 36.2 Å². The Hall–Kier alpha value is -3.68. The lowest BCUT2D eigenvalue weighted by atomic mass is 10.1. The predicted molar refractivity (Wildman–Crippen MR) is 104 cm³/mol. The highest BCUT2D eigenvalue weighted by molar-refractivity contribution is 6.03. The van der Waals surface area contributed by atoms with E-state index in [-0.39, 0.29) is 17.2 Å². The second kappa shape index (κ2) is 9.86. The SMILES string of the molecule is C=CCc1cc(C=NNC(=O)CC(=O)Nc2ccccc2F)cc(OC)c1O. The van der Waals surface area contributed by atoms with Crippen LogP contribution in [0.15, 0.2) is 54.2 Å². The minimum absolute atomic E-state index is 0.00487. The fraction of sp³-hybridized carbons (Fsp3) is 0.150. The first-order valence-electron chi connectivity index (χ1n) is 8.31. The highest BCUT2D eigenvalue weighted by Crippen LogP contribution is 2.31. The number of methoxy groups -OCH3 is 1. The summed E-state index contributed by atoms with van der Waals surface area (Å²) in [5.74, 6) is -1.66. The largest absolute Gasteiger partial charge is 0.504 e. The number of aromatic hydroxyl groups is 1. The maximum atomic E-state index is 13.5. The first-order valence-corrected chi connectivity index (χ1v) is 8.31. The van der Waals surface area contributed by atoms with E-state index in [9.17, 15) is 19.1 Å². The molecule has 7 nitrogen and oxygen atoms in total. The number of halogens is 1. The summed E-state index contributed by atoms with van der Waals surface area (Å²) in [7, 11) is 1.42. The van der Waals surface area contributed by atoms with Gasteiger partial charge in [0.05, 0.1) is 19.0 Å². The Morgan fingerprint density at radius 2 is 2.04 bits per heavy atom. The van der Waals surface area contributed by atoms with Gasteiger partial charge in [-0.25, -0.2) is 9.82 Å². The topological polar surface area (TPSA) is 100 Å². The van der Waals surface area contributed by atoms with Gasteiger partial charge in [0.25, 0.3) is 0 Å². The lowest BCUT2D eigenvalue weighted by Crippen LogP contribution is -2.24. The molecule has 0 atom stereocenters. The van der Waals surface area contributed by atoms with Gasteiger partial charge < -0.3 is 15.2 Å². The molecule has 2 rings (SSSR count). The molecule has 0 saturated carbocycles. The number of amides is 2. The molecule has 2 aromatic rings. The fourth-order valence-corrected chi connectivity index (χ4v) is 2.35. The number of para-hydroxylation sites is 1. The molecule has 0 aromatic heterocycles. The number of hydrogen-bond donors (Lipinski definition) is 3. The second-order valence-corrected chi connectivity index (χ2v) is 5.72. The first-order chi connectivity index (χ1) is 13.4. The van der Waals surface area contributed by atoms with Gasteiger partial charge >= 0.3 is 0 Å². The average molecular weight is 385 g/mol. The maximum absolute atomic E-state index is 13.5. The van der Waals surface area contributed by atoms with Gasteiger partial charge in [0.2, 0.25) is 11.8 Å². The zero-order chi connectivity index (χ0) is 20.5. The molecule has 0 bridgehead atoms. The number of carbonyl (C=O) groups is 2. The minimum atomic E-state index is -0.669. The van der Waals surface area contributed by atoms with Crippen molar-refractivity contribution >= 4 is 23.7 Å². The summed E-state index contributed by atoms with van der Waals surface area (Å²) in [5.41, 5.74) is 3.37. The normalized spacial score (nSPS) is 10.5. The quantitative estimate of drug-likeness (QED) is 0.282. The molecular formula is C20H20FN3O4. The van der Waals surface area contributed by atoms with Crippen LogP contribution in [0.1, 0.15) is 17.5 Å². The first kappa shape index (κ1) is 20.6. The third-order valence-electron chi connectivity index (χ3n) is 3.63. The van der Waals surface area contributed by atoms with Crippen molar-refractivity contribution in [2.45, 2.75) is 12.8 Å². The molecule has 0 aliphatic carbocycles. The summed E-state index contributed by atoms with van der Waals surface area (Å²) in [6.45, 7) is 3.63. The van der Waals surface area contributed by atoms with Crippen LogP contribution >= 0.6 is 0 Å². The number of nitrogens with one attached hydrogen (secondary N) is 2. The highest BCUT2D eigenvalue weighted by Gasteiger charge is 2.11. The van der Waals surface area contributed by atoms with Crippen molar-refractivity contribution in [2.75, 3.05) is 12.4 Å². The van der Waals surface area contributed by atoms with E-state index in [2.05, 4.69) is 22.4 Å². The molecule has 8 heteroatoms. The lowest BCUT2D eigenvalue weighted by molar-refractivity contribution is -0.126. The molecule has 2 amide bonds. The van der Waals surface area contributed by atoms with E-state index in [1.807, 2.05) is 0 Å². The van der Waals surface area contributed by atoms with Crippen molar-refractivity contribution in [1.29, 1.82) is 0 Å². The van der Waals surface area contributed by atoms with E-state index in [0.29, 0.717) is 17.5 Å². The van der Waals surface area contributed by atoms with E-state index in [0.717, 1.165) is 0 Å². The van der Waals surface area contributed by atoms with Crippen molar-refractivity contribution in [3.8, 4) is 11.5 Å². The van der Waals surface area contributed by atoms with Crippen molar-refractivity contribution < 1.29 is 23.8 Å². The van der Waals surface area contributed by atoms with Crippen LogP contribution in [0.5, 0.6) is 11.5 Å². The van der Waals surface area contributed by atoms with Crippen LogP contribution < -0.4 is 15.5 Å². The van der Waals surface area contributed by atoms with Crippen molar-refractivity contribution in [3.63, 3.8) is 0 Å². The minimum Gasteiger partial charge on any atom is -0.504 e. The van der Waals surface area contributed by atoms with Gasteiger partial charge in [-0.15, -0.1) is 6.58 Å². The molecule has 0 spiro atoms. The van der Waals surface area contributed by atoms with Gasteiger partial charge in [0.15, 0.2) is 11.5 Å². The Bertz CT molecular complexity index is 912. The number of hydrazone groups is 1. The van der Waals surface area contributed by atoms with E-state index >= 15 is 0 Å². The van der Waals surface area contributed by atoms with Crippen LogP contribution in [0.4, 0.5) is 10.1 Å². The monoisotopic (exact) mass is 385 g/mol. The lowest BCUT2D eigenvalue weighted by Gasteiger charge is -2.09. The molecule has 0 heterocycles. The fourth-order valence-electron chi connectivity index (χ4n) is 2.35. The van der Waals surface area contributed by atoms with Crippen molar-refractivity contribution in [1.82, 2.24) is 5.43 Å². The molecule has 0 aliphatic rings. The van der Waals surface area contributed by atoms with Crippen molar-refractivity contribution in [3.05, 3.63) is 66.0 Å². The van der Waals surface area contributed by atoms with Crippen LogP contribution in [0.2, 0.25) is 0 Å². The number of phenols is 1. The second-order valence-electron chi connectivity index (χ2n) is 5.72. The zero-order valence-corrected chi connectivity index (χ0v) is 15.2. The van der Waals surface area contributed by atoms with Crippen LogP contribution in [0.3, 0.4) is 0 Å². The van der Waals surface area contributed by atoms with Gasteiger partial charge in [-0.3, -0.25) is 9.59 Å². The summed E-state index contributed by atoms with van der Waals surface area (Å²) in [4.78, 5) is 23.6. The smallest absolute Gasteiger partial charge is 0.249 e. The zero-order valence-electron chi connectivity index (χ0n) is 15.2. The van der Waals surface area contributed by atoms with E-state index in [1.165, 1.54) is 31.5 Å². The van der Waals surface area contributed by atoms with E-state index in [4.69, 9.17) is 4.74 Å². The molecule has 146 valence electrons. The number of nitrogens with zero attached hydrogens (tertiary/aromatic N) is 1. The summed E-state index contributed by atoms with van der Waals surface area (Å²) in [6.07, 6.45) is 2.88. The number of phenolic OH excluding ortho intramolecular Hbond substituents is 1. The maximum Gasteiger partial charge on any atom is 0.249 e. The Kier molecular flexibility index (Phi) is 7.27. The van der Waals surface area contributed by atoms with E-state index in [1.54, 1.807) is 24.3 Å². The summed E-state index contributed by atoms with van der Waals surface area (Å²) >= 11 is 0. The Labute approximate surface area is 161 Å². The molecule has 28 heavy (non-hydrogen) atoms. The highest BCUT2D eigenvalue weighted by atomic mass is 19.1. The third-order valence-corrected chi connectivity index (χ3v) is 3.63. The predicted octanol–water partition coefficient (Wildman–Crippen LogP) is 2.75. The molecule has 2 aromatic carbocycles.